The van der Waals surface area contributed by atoms with E-state index >= 15 is 0 Å². The van der Waals surface area contributed by atoms with Crippen molar-refractivity contribution in [2.45, 2.75) is 39.4 Å². The molecule has 0 saturated heterocycles. The number of nitrogens with one attached hydrogen (secondary N) is 1. The molecule has 0 aromatic carbocycles. The quantitative estimate of drug-likeness (QED) is 0.794. The summed E-state index contributed by atoms with van der Waals surface area (Å²) in [5, 5.41) is 16.1. The minimum atomic E-state index is -0.785. The number of aliphatic hydroxyl groups is 1. The maximum absolute atomic E-state index is 11.9. The van der Waals surface area contributed by atoms with Gasteiger partial charge in [-0.1, -0.05) is 12.1 Å². The molecule has 18 heavy (non-hydrogen) atoms. The summed E-state index contributed by atoms with van der Waals surface area (Å²) in [7, 11) is 1.57. The van der Waals surface area contributed by atoms with Gasteiger partial charge in [-0.25, -0.2) is 0 Å². The minimum Gasteiger partial charge on any atom is -0.388 e. The smallest absolute Gasteiger partial charge is 0.273 e. The van der Waals surface area contributed by atoms with Crippen LogP contribution in [0.1, 0.15) is 48.7 Å². The van der Waals surface area contributed by atoms with Crippen molar-refractivity contribution < 1.29 is 19.2 Å². The summed E-state index contributed by atoms with van der Waals surface area (Å²) in [5.74, 6) is 0.174. The van der Waals surface area contributed by atoms with Gasteiger partial charge in [-0.3, -0.25) is 4.79 Å². The molecule has 2 unspecified atom stereocenters. The molecular formula is C12H20N2O4. The third-order valence-corrected chi connectivity index (χ3v) is 2.71. The van der Waals surface area contributed by atoms with Gasteiger partial charge in [0.1, 0.15) is 5.76 Å². The molecule has 0 radical (unpaired) electrons. The lowest BCUT2D eigenvalue weighted by Gasteiger charge is -2.10. The van der Waals surface area contributed by atoms with Crippen LogP contribution in [0.5, 0.6) is 0 Å². The van der Waals surface area contributed by atoms with E-state index in [9.17, 15) is 9.90 Å². The van der Waals surface area contributed by atoms with Crippen LogP contribution in [0, 0.1) is 0 Å². The monoisotopic (exact) mass is 256 g/mol. The van der Waals surface area contributed by atoms with Crippen molar-refractivity contribution in [2.24, 2.45) is 0 Å². The predicted octanol–water partition coefficient (Wildman–Crippen LogP) is 1.05. The maximum Gasteiger partial charge on any atom is 0.273 e. The molecule has 0 bridgehead atoms. The number of aryl methyl sites for hydroxylation is 1. The van der Waals surface area contributed by atoms with Gasteiger partial charge in [-0.2, -0.15) is 0 Å². The van der Waals surface area contributed by atoms with E-state index in [-0.39, 0.29) is 17.7 Å². The highest BCUT2D eigenvalue weighted by atomic mass is 16.5. The maximum atomic E-state index is 11.9. The number of carbonyl (C=O) groups is 1. The van der Waals surface area contributed by atoms with Crippen molar-refractivity contribution in [2.75, 3.05) is 13.7 Å². The molecule has 0 spiro atoms. The number of carbonyl (C=O) groups excluding carboxylic acids is 1. The predicted molar refractivity (Wildman–Crippen MR) is 65.3 cm³/mol. The van der Waals surface area contributed by atoms with E-state index in [1.807, 2.05) is 13.8 Å². The van der Waals surface area contributed by atoms with Crippen molar-refractivity contribution in [3.63, 3.8) is 0 Å². The average molecular weight is 256 g/mol. The average Bonchev–Trinajstić information content (AvgIpc) is 2.79. The zero-order chi connectivity index (χ0) is 13.7. The van der Waals surface area contributed by atoms with Gasteiger partial charge in [-0.15, -0.1) is 0 Å². The van der Waals surface area contributed by atoms with E-state index in [0.29, 0.717) is 24.3 Å². The van der Waals surface area contributed by atoms with Crippen LogP contribution in [-0.4, -0.2) is 35.9 Å². The van der Waals surface area contributed by atoms with Crippen LogP contribution in [0.4, 0.5) is 0 Å². The molecule has 1 rings (SSSR count). The molecule has 102 valence electrons. The van der Waals surface area contributed by atoms with E-state index in [4.69, 9.17) is 9.26 Å². The first-order valence-electron chi connectivity index (χ1n) is 5.98. The Morgan fingerprint density at radius 3 is 2.72 bits per heavy atom. The Bertz CT molecular complexity index is 401. The van der Waals surface area contributed by atoms with Gasteiger partial charge in [0.15, 0.2) is 5.69 Å². The van der Waals surface area contributed by atoms with Crippen LogP contribution in [0.25, 0.3) is 0 Å². The molecule has 2 N–H and O–H groups in total. The van der Waals surface area contributed by atoms with Gasteiger partial charge in [-0.05, 0) is 13.8 Å². The minimum absolute atomic E-state index is 0.0819. The molecule has 0 aliphatic carbocycles. The Hall–Kier alpha value is -1.40. The van der Waals surface area contributed by atoms with Crippen LogP contribution < -0.4 is 5.32 Å². The molecule has 1 heterocycles. The number of hydrogen-bond acceptors (Lipinski definition) is 5. The van der Waals surface area contributed by atoms with Gasteiger partial charge < -0.3 is 19.7 Å². The molecule has 0 saturated carbocycles. The van der Waals surface area contributed by atoms with Crippen molar-refractivity contribution in [1.82, 2.24) is 10.5 Å². The lowest BCUT2D eigenvalue weighted by molar-refractivity contribution is 0.0858. The lowest BCUT2D eigenvalue weighted by atomic mass is 10.1. The largest absolute Gasteiger partial charge is 0.388 e. The standard InChI is InChI=1S/C12H20N2O4/c1-5-9-10(8(3)15)11(14-18-9)12(16)13-6-7(2)17-4/h7-8,15H,5-6H2,1-4H3,(H,13,16). The second-order valence-electron chi connectivity index (χ2n) is 4.15. The summed E-state index contributed by atoms with van der Waals surface area (Å²) in [5.41, 5.74) is 0.602. The van der Waals surface area contributed by atoms with Crippen LogP contribution in [0.15, 0.2) is 4.52 Å². The van der Waals surface area contributed by atoms with Crippen molar-refractivity contribution in [3.8, 4) is 0 Å². The van der Waals surface area contributed by atoms with E-state index in [1.54, 1.807) is 14.0 Å². The third kappa shape index (κ3) is 3.30. The van der Waals surface area contributed by atoms with E-state index < -0.39 is 6.10 Å². The second-order valence-corrected chi connectivity index (χ2v) is 4.15. The molecule has 6 nitrogen and oxygen atoms in total. The van der Waals surface area contributed by atoms with Crippen LogP contribution in [0.3, 0.4) is 0 Å². The second kappa shape index (κ2) is 6.51. The summed E-state index contributed by atoms with van der Waals surface area (Å²) in [6, 6.07) is 0. The summed E-state index contributed by atoms with van der Waals surface area (Å²) >= 11 is 0. The molecule has 2 atom stereocenters. The topological polar surface area (TPSA) is 84.6 Å². The Kier molecular flexibility index (Phi) is 5.30. The first-order chi connectivity index (χ1) is 8.51. The highest BCUT2D eigenvalue weighted by Gasteiger charge is 2.24. The van der Waals surface area contributed by atoms with Gasteiger partial charge in [0.2, 0.25) is 0 Å². The number of hydrogen-bond donors (Lipinski definition) is 2. The number of nitrogens with zero attached hydrogens (tertiary/aromatic N) is 1. The summed E-state index contributed by atoms with van der Waals surface area (Å²) in [6.07, 6.45) is -0.289. The third-order valence-electron chi connectivity index (χ3n) is 2.71. The van der Waals surface area contributed by atoms with Crippen molar-refractivity contribution >= 4 is 5.91 Å². The fourth-order valence-corrected chi connectivity index (χ4v) is 1.58. The van der Waals surface area contributed by atoms with Crippen molar-refractivity contribution in [1.29, 1.82) is 0 Å². The summed E-state index contributed by atoms with van der Waals surface area (Å²) in [4.78, 5) is 11.9. The zero-order valence-electron chi connectivity index (χ0n) is 11.2. The van der Waals surface area contributed by atoms with Crippen LogP contribution >= 0.6 is 0 Å². The number of aromatic nitrogens is 1. The summed E-state index contributed by atoms with van der Waals surface area (Å²) < 4.78 is 10.1. The first kappa shape index (κ1) is 14.7. The fourth-order valence-electron chi connectivity index (χ4n) is 1.58. The molecule has 1 aromatic rings. The molecular weight excluding hydrogens is 236 g/mol. The summed E-state index contributed by atoms with van der Waals surface area (Å²) in [6.45, 7) is 5.68. The van der Waals surface area contributed by atoms with Crippen LogP contribution in [0.2, 0.25) is 0 Å². The zero-order valence-corrected chi connectivity index (χ0v) is 11.2. The van der Waals surface area contributed by atoms with Gasteiger partial charge in [0.05, 0.1) is 17.8 Å². The van der Waals surface area contributed by atoms with Crippen LogP contribution in [-0.2, 0) is 11.2 Å². The highest BCUT2D eigenvalue weighted by Crippen LogP contribution is 2.22. The Balaban J connectivity index is 2.82. The Labute approximate surface area is 106 Å². The van der Waals surface area contributed by atoms with E-state index in [1.165, 1.54) is 0 Å². The lowest BCUT2D eigenvalue weighted by Crippen LogP contribution is -2.32. The SMILES string of the molecule is CCc1onc(C(=O)NCC(C)OC)c1C(C)O. The van der Waals surface area contributed by atoms with E-state index in [0.717, 1.165) is 0 Å². The number of rotatable bonds is 6. The molecule has 0 aliphatic rings. The number of aliphatic hydroxyl groups excluding tert-OH is 1. The fraction of sp³-hybridized carbons (Fsp3) is 0.667. The first-order valence-corrected chi connectivity index (χ1v) is 5.98. The van der Waals surface area contributed by atoms with Crippen molar-refractivity contribution in [3.05, 3.63) is 17.0 Å². The van der Waals surface area contributed by atoms with Gasteiger partial charge in [0.25, 0.3) is 5.91 Å². The molecule has 6 heteroatoms. The molecule has 0 fully saturated rings. The Morgan fingerprint density at radius 1 is 1.56 bits per heavy atom. The number of methoxy groups -OCH3 is 1. The Morgan fingerprint density at radius 2 is 2.22 bits per heavy atom. The number of ether oxygens (including phenoxy) is 1. The number of amides is 1. The molecule has 0 aliphatic heterocycles. The molecule has 1 amide bonds. The van der Waals surface area contributed by atoms with E-state index in [2.05, 4.69) is 10.5 Å². The van der Waals surface area contributed by atoms with Gasteiger partial charge >= 0.3 is 0 Å². The molecule has 1 aromatic heterocycles. The highest BCUT2D eigenvalue weighted by molar-refractivity contribution is 5.93. The van der Waals surface area contributed by atoms with Gasteiger partial charge in [0, 0.05) is 20.1 Å². The normalized spacial score (nSPS) is 14.3.